The van der Waals surface area contributed by atoms with Crippen molar-refractivity contribution in [2.24, 2.45) is 0 Å². The summed E-state index contributed by atoms with van der Waals surface area (Å²) in [6, 6.07) is 0.612. The lowest BCUT2D eigenvalue weighted by atomic mass is 10.0. The van der Waals surface area contributed by atoms with Crippen LogP contribution in [0.1, 0.15) is 20.8 Å². The molecule has 0 amide bonds. The molecule has 0 saturated carbocycles. The molecule has 1 rings (SSSR count). The Morgan fingerprint density at radius 2 is 2.38 bits per heavy atom. The molecule has 3 unspecified atom stereocenters. The third-order valence-corrected chi connectivity index (χ3v) is 3.69. The number of hydrogen-bond acceptors (Lipinski definition) is 2. The molecule has 76 valence electrons. The van der Waals surface area contributed by atoms with Crippen LogP contribution < -0.4 is 10.6 Å². The Morgan fingerprint density at radius 3 is 2.85 bits per heavy atom. The van der Waals surface area contributed by atoms with E-state index in [0.29, 0.717) is 11.6 Å². The van der Waals surface area contributed by atoms with Crippen LogP contribution in [0, 0.1) is 0 Å². The van der Waals surface area contributed by atoms with Crippen LogP contribution in [0.3, 0.4) is 0 Å². The zero-order valence-corrected chi connectivity index (χ0v) is 10.1. The molecule has 1 aliphatic rings. The fourth-order valence-corrected chi connectivity index (χ4v) is 1.93. The monoisotopic (exact) mass is 200 g/mol. The Balaban J connectivity index is 2.30. The molecular weight excluding hydrogens is 179 g/mol. The van der Waals surface area contributed by atoms with E-state index in [2.05, 4.69) is 44.3 Å². The molecule has 0 aromatic heterocycles. The van der Waals surface area contributed by atoms with Crippen molar-refractivity contribution in [2.75, 3.05) is 19.4 Å². The summed E-state index contributed by atoms with van der Waals surface area (Å²) in [5.74, 6) is 0. The van der Waals surface area contributed by atoms with Crippen molar-refractivity contribution in [3.8, 4) is 0 Å². The highest BCUT2D eigenvalue weighted by atomic mass is 31.1. The van der Waals surface area contributed by atoms with Crippen molar-refractivity contribution in [2.45, 2.75) is 32.4 Å². The molecule has 2 N–H and O–H groups in total. The maximum Gasteiger partial charge on any atom is 0.0507 e. The number of rotatable bonds is 5. The minimum Gasteiger partial charge on any atom is -0.388 e. The average molecular weight is 200 g/mol. The van der Waals surface area contributed by atoms with Crippen molar-refractivity contribution in [1.29, 1.82) is 0 Å². The Labute approximate surface area is 83.3 Å². The summed E-state index contributed by atoms with van der Waals surface area (Å²) in [7, 11) is 1.04. The third-order valence-electron chi connectivity index (χ3n) is 2.67. The highest BCUT2D eigenvalue weighted by molar-refractivity contribution is 7.37. The van der Waals surface area contributed by atoms with Crippen LogP contribution in [0.5, 0.6) is 0 Å². The van der Waals surface area contributed by atoms with Gasteiger partial charge in [-0.05, 0) is 45.4 Å². The summed E-state index contributed by atoms with van der Waals surface area (Å²) < 4.78 is 0. The summed E-state index contributed by atoms with van der Waals surface area (Å²) in [5.41, 5.74) is 1.71. The molecule has 0 bridgehead atoms. The quantitative estimate of drug-likeness (QED) is 0.521. The average Bonchev–Trinajstić information content (AvgIpc) is 2.81. The molecule has 2 nitrogen and oxygen atoms in total. The van der Waals surface area contributed by atoms with Crippen molar-refractivity contribution in [1.82, 2.24) is 10.6 Å². The van der Waals surface area contributed by atoms with Gasteiger partial charge in [-0.1, -0.05) is 0 Å². The van der Waals surface area contributed by atoms with E-state index in [9.17, 15) is 0 Å². The van der Waals surface area contributed by atoms with Crippen molar-refractivity contribution < 1.29 is 0 Å². The largest absolute Gasteiger partial charge is 0.388 e. The number of nitrogens with one attached hydrogen (secondary N) is 2. The van der Waals surface area contributed by atoms with E-state index in [0.717, 1.165) is 15.1 Å². The first kappa shape index (κ1) is 11.0. The molecule has 0 radical (unpaired) electrons. The summed E-state index contributed by atoms with van der Waals surface area (Å²) in [6.07, 6.45) is 3.44. The van der Waals surface area contributed by atoms with Gasteiger partial charge in [0.15, 0.2) is 0 Å². The molecular formula is C10H21N2P. The first-order chi connectivity index (χ1) is 6.08. The second kappa shape index (κ2) is 4.43. The van der Waals surface area contributed by atoms with E-state index >= 15 is 0 Å². The van der Waals surface area contributed by atoms with Gasteiger partial charge in [-0.15, -0.1) is 8.58 Å². The summed E-state index contributed by atoms with van der Waals surface area (Å²) in [6.45, 7) is 10.0. The lowest BCUT2D eigenvalue weighted by Crippen LogP contribution is -2.24. The molecule has 13 heavy (non-hydrogen) atoms. The Hall–Kier alpha value is -0.0700. The van der Waals surface area contributed by atoms with Gasteiger partial charge in [0.1, 0.15) is 0 Å². The predicted molar refractivity (Wildman–Crippen MR) is 61.9 cm³/mol. The zero-order valence-electron chi connectivity index (χ0n) is 9.07. The molecule has 0 aliphatic carbocycles. The summed E-state index contributed by atoms with van der Waals surface area (Å²) in [4.78, 5) is 0. The summed E-state index contributed by atoms with van der Waals surface area (Å²) in [5, 5.41) is 6.79. The van der Waals surface area contributed by atoms with Gasteiger partial charge in [0.25, 0.3) is 0 Å². The second-order valence-corrected chi connectivity index (χ2v) is 5.25. The van der Waals surface area contributed by atoms with Crippen LogP contribution in [0.25, 0.3) is 0 Å². The normalized spacial score (nSPS) is 30.9. The molecule has 0 aromatic carbocycles. The Bertz CT molecular complexity index is 197. The highest BCUT2D eigenvalue weighted by Crippen LogP contribution is 2.24. The smallest absolute Gasteiger partial charge is 0.0507 e. The van der Waals surface area contributed by atoms with E-state index in [1.807, 2.05) is 0 Å². The van der Waals surface area contributed by atoms with Gasteiger partial charge in [0.2, 0.25) is 0 Å². The lowest BCUT2D eigenvalue weighted by Gasteiger charge is -2.13. The van der Waals surface area contributed by atoms with E-state index in [1.165, 1.54) is 11.7 Å². The van der Waals surface area contributed by atoms with Crippen LogP contribution in [0.4, 0.5) is 0 Å². The topological polar surface area (TPSA) is 34.0 Å². The van der Waals surface area contributed by atoms with Crippen molar-refractivity contribution in [3.63, 3.8) is 0 Å². The fourth-order valence-electron chi connectivity index (χ4n) is 1.20. The maximum atomic E-state index is 3.43. The van der Waals surface area contributed by atoms with E-state index in [-0.39, 0.29) is 0 Å². The van der Waals surface area contributed by atoms with Crippen LogP contribution >= 0.6 is 8.58 Å². The Morgan fingerprint density at radius 1 is 1.77 bits per heavy atom. The molecule has 1 heterocycles. The Kier molecular flexibility index (Phi) is 3.75. The molecule has 3 atom stereocenters. The maximum absolute atomic E-state index is 3.43. The predicted octanol–water partition coefficient (Wildman–Crippen LogP) is 1.54. The number of hydrogen-bond donors (Lipinski definition) is 2. The lowest BCUT2D eigenvalue weighted by molar-refractivity contribution is 0.692. The fraction of sp³-hybridized carbons (Fsp3) is 0.800. The molecule has 1 fully saturated rings. The zero-order chi connectivity index (χ0) is 9.90. The van der Waals surface area contributed by atoms with Gasteiger partial charge in [-0.25, -0.2) is 0 Å². The molecule has 3 heteroatoms. The first-order valence-corrected chi connectivity index (χ1v) is 6.62. The van der Waals surface area contributed by atoms with Crippen molar-refractivity contribution >= 4 is 8.58 Å². The summed E-state index contributed by atoms with van der Waals surface area (Å²) >= 11 is 0. The minimum absolute atomic E-state index is 0.293. The van der Waals surface area contributed by atoms with E-state index in [4.69, 9.17) is 0 Å². The van der Waals surface area contributed by atoms with E-state index < -0.39 is 0 Å². The SMILES string of the molecule is CPCC(C)N/C=C(\C)C1(C)CN1. The van der Waals surface area contributed by atoms with Crippen LogP contribution in [0.15, 0.2) is 11.8 Å². The molecule has 1 saturated heterocycles. The van der Waals surface area contributed by atoms with Crippen molar-refractivity contribution in [3.05, 3.63) is 11.8 Å². The van der Waals surface area contributed by atoms with Gasteiger partial charge in [0.05, 0.1) is 5.54 Å². The van der Waals surface area contributed by atoms with Gasteiger partial charge in [-0.3, -0.25) is 0 Å². The third kappa shape index (κ3) is 3.28. The first-order valence-electron chi connectivity index (χ1n) is 4.91. The van der Waals surface area contributed by atoms with Gasteiger partial charge < -0.3 is 10.6 Å². The van der Waals surface area contributed by atoms with Crippen LogP contribution in [-0.4, -0.2) is 31.0 Å². The molecule has 0 spiro atoms. The molecule has 1 aliphatic heterocycles. The van der Waals surface area contributed by atoms with E-state index in [1.54, 1.807) is 0 Å². The molecule has 0 aromatic rings. The van der Waals surface area contributed by atoms with Crippen LogP contribution in [0.2, 0.25) is 0 Å². The standard InChI is InChI=1S/C10H21N2P/c1-8(10(3)7-12-10)5-11-9(2)6-13-4/h5,9,11-13H,6-7H2,1-4H3/b8-5+. The van der Waals surface area contributed by atoms with Gasteiger partial charge in [0, 0.05) is 12.6 Å². The van der Waals surface area contributed by atoms with Crippen LogP contribution in [-0.2, 0) is 0 Å². The van der Waals surface area contributed by atoms with Gasteiger partial charge >= 0.3 is 0 Å². The van der Waals surface area contributed by atoms with Gasteiger partial charge in [-0.2, -0.15) is 0 Å². The second-order valence-electron chi connectivity index (χ2n) is 4.14. The highest BCUT2D eigenvalue weighted by Gasteiger charge is 2.37. The minimum atomic E-state index is 0.293.